The maximum absolute atomic E-state index is 12.4. The largest absolute Gasteiger partial charge is 0.416 e. The average molecular weight is 287 g/mol. The Labute approximate surface area is 117 Å². The highest BCUT2D eigenvalue weighted by Crippen LogP contribution is 2.29. The zero-order chi connectivity index (χ0) is 15.2. The van der Waals surface area contributed by atoms with E-state index in [1.165, 1.54) is 12.1 Å². The average Bonchev–Trinajstić information content (AvgIpc) is 2.38. The third kappa shape index (κ3) is 5.23. The lowest BCUT2D eigenvalue weighted by atomic mass is 10.1. The lowest BCUT2D eigenvalue weighted by Crippen LogP contribution is -2.32. The molecule has 1 amide bonds. The smallest absolute Gasteiger partial charge is 0.350 e. The Kier molecular flexibility index (Phi) is 6.05. The summed E-state index contributed by atoms with van der Waals surface area (Å²) in [5.41, 5.74) is -0.495. The van der Waals surface area contributed by atoms with E-state index in [-0.39, 0.29) is 17.5 Å². The molecule has 0 aliphatic carbocycles. The second-order valence-electron chi connectivity index (χ2n) is 4.95. The van der Waals surface area contributed by atoms with Crippen LogP contribution < -0.4 is 5.32 Å². The van der Waals surface area contributed by atoms with Gasteiger partial charge in [0, 0.05) is 11.6 Å². The highest BCUT2D eigenvalue weighted by Gasteiger charge is 2.30. The van der Waals surface area contributed by atoms with Crippen LogP contribution in [0.25, 0.3) is 0 Å². The Morgan fingerprint density at radius 3 is 2.30 bits per heavy atom. The first-order valence-electron chi connectivity index (χ1n) is 6.82. The SMILES string of the molecule is CCCCCC(C)NC(=O)c1ccc(C(F)(F)F)cc1. The molecule has 0 aromatic heterocycles. The van der Waals surface area contributed by atoms with E-state index in [0.717, 1.165) is 37.8 Å². The summed E-state index contributed by atoms with van der Waals surface area (Å²) in [5.74, 6) is -0.331. The molecule has 1 N–H and O–H groups in total. The van der Waals surface area contributed by atoms with Crippen molar-refractivity contribution in [3.8, 4) is 0 Å². The van der Waals surface area contributed by atoms with Crippen LogP contribution >= 0.6 is 0 Å². The Bertz CT molecular complexity index is 426. The number of carbonyl (C=O) groups excluding carboxylic acids is 1. The number of halogens is 3. The molecule has 0 saturated heterocycles. The third-order valence-corrected chi connectivity index (χ3v) is 3.09. The molecule has 1 aromatic carbocycles. The van der Waals surface area contributed by atoms with Crippen LogP contribution in [0.4, 0.5) is 13.2 Å². The van der Waals surface area contributed by atoms with Crippen molar-refractivity contribution in [2.75, 3.05) is 0 Å². The van der Waals surface area contributed by atoms with Crippen molar-refractivity contribution in [1.29, 1.82) is 0 Å². The highest BCUT2D eigenvalue weighted by atomic mass is 19.4. The van der Waals surface area contributed by atoms with Gasteiger partial charge >= 0.3 is 6.18 Å². The van der Waals surface area contributed by atoms with Crippen LogP contribution in [-0.2, 0) is 6.18 Å². The summed E-state index contributed by atoms with van der Waals surface area (Å²) >= 11 is 0. The summed E-state index contributed by atoms with van der Waals surface area (Å²) in [5, 5.41) is 2.79. The molecule has 20 heavy (non-hydrogen) atoms. The second kappa shape index (κ2) is 7.31. The van der Waals surface area contributed by atoms with Crippen molar-refractivity contribution in [2.24, 2.45) is 0 Å². The van der Waals surface area contributed by atoms with Crippen molar-refractivity contribution in [1.82, 2.24) is 5.32 Å². The fourth-order valence-corrected chi connectivity index (χ4v) is 1.89. The molecule has 1 rings (SSSR count). The van der Waals surface area contributed by atoms with Crippen LogP contribution in [0.2, 0.25) is 0 Å². The van der Waals surface area contributed by atoms with Gasteiger partial charge < -0.3 is 5.32 Å². The molecule has 1 atom stereocenters. The van der Waals surface area contributed by atoms with Crippen molar-refractivity contribution >= 4 is 5.91 Å². The molecular formula is C15H20F3NO. The van der Waals surface area contributed by atoms with Crippen LogP contribution in [0.5, 0.6) is 0 Å². The van der Waals surface area contributed by atoms with Crippen LogP contribution in [-0.4, -0.2) is 11.9 Å². The van der Waals surface area contributed by atoms with Gasteiger partial charge in [0.05, 0.1) is 5.56 Å². The van der Waals surface area contributed by atoms with E-state index in [0.29, 0.717) is 0 Å². The second-order valence-corrected chi connectivity index (χ2v) is 4.95. The van der Waals surface area contributed by atoms with Crippen LogP contribution in [0.1, 0.15) is 55.5 Å². The van der Waals surface area contributed by atoms with E-state index in [4.69, 9.17) is 0 Å². The molecule has 0 bridgehead atoms. The van der Waals surface area contributed by atoms with Crippen molar-refractivity contribution in [3.05, 3.63) is 35.4 Å². The minimum Gasteiger partial charge on any atom is -0.350 e. The number of hydrogen-bond donors (Lipinski definition) is 1. The number of nitrogens with one attached hydrogen (secondary N) is 1. The van der Waals surface area contributed by atoms with Crippen LogP contribution in [0.15, 0.2) is 24.3 Å². The normalized spacial score (nSPS) is 13.1. The molecule has 112 valence electrons. The van der Waals surface area contributed by atoms with Gasteiger partial charge in [-0.2, -0.15) is 13.2 Å². The number of carbonyl (C=O) groups is 1. The topological polar surface area (TPSA) is 29.1 Å². The van der Waals surface area contributed by atoms with Gasteiger partial charge in [-0.15, -0.1) is 0 Å². The minimum absolute atomic E-state index is 0.0244. The summed E-state index contributed by atoms with van der Waals surface area (Å²) in [6, 6.07) is 4.29. The number of alkyl halides is 3. The number of hydrogen-bond acceptors (Lipinski definition) is 1. The summed E-state index contributed by atoms with van der Waals surface area (Å²) in [7, 11) is 0. The van der Waals surface area contributed by atoms with E-state index in [9.17, 15) is 18.0 Å². The predicted molar refractivity (Wildman–Crippen MR) is 72.5 cm³/mol. The van der Waals surface area contributed by atoms with Crippen molar-refractivity contribution in [2.45, 2.75) is 51.7 Å². The summed E-state index contributed by atoms with van der Waals surface area (Å²) in [6.07, 6.45) is -0.242. The zero-order valence-corrected chi connectivity index (χ0v) is 11.8. The zero-order valence-electron chi connectivity index (χ0n) is 11.8. The minimum atomic E-state index is -4.37. The van der Waals surface area contributed by atoms with E-state index in [1.54, 1.807) is 0 Å². The number of rotatable bonds is 6. The standard InChI is InChI=1S/C15H20F3NO/c1-3-4-5-6-11(2)19-14(20)12-7-9-13(10-8-12)15(16,17)18/h7-11H,3-6H2,1-2H3,(H,19,20). The monoisotopic (exact) mass is 287 g/mol. The Balaban J connectivity index is 2.55. The molecule has 1 unspecified atom stereocenters. The molecule has 0 heterocycles. The predicted octanol–water partition coefficient (Wildman–Crippen LogP) is 4.40. The number of unbranched alkanes of at least 4 members (excludes halogenated alkanes) is 2. The van der Waals surface area contributed by atoms with E-state index < -0.39 is 11.7 Å². The Morgan fingerprint density at radius 2 is 1.80 bits per heavy atom. The number of amides is 1. The Morgan fingerprint density at radius 1 is 1.20 bits per heavy atom. The van der Waals surface area contributed by atoms with E-state index in [2.05, 4.69) is 12.2 Å². The first kappa shape index (κ1) is 16.5. The molecule has 1 aromatic rings. The fraction of sp³-hybridized carbons (Fsp3) is 0.533. The summed E-state index contributed by atoms with van der Waals surface area (Å²) in [6.45, 7) is 4.00. The molecule has 0 radical (unpaired) electrons. The molecule has 0 aliphatic rings. The van der Waals surface area contributed by atoms with E-state index >= 15 is 0 Å². The quantitative estimate of drug-likeness (QED) is 0.772. The van der Waals surface area contributed by atoms with Gasteiger partial charge in [-0.25, -0.2) is 0 Å². The van der Waals surface area contributed by atoms with Crippen LogP contribution in [0.3, 0.4) is 0 Å². The van der Waals surface area contributed by atoms with Gasteiger partial charge in [0.15, 0.2) is 0 Å². The van der Waals surface area contributed by atoms with Gasteiger partial charge in [0.2, 0.25) is 0 Å². The summed E-state index contributed by atoms with van der Waals surface area (Å²) in [4.78, 5) is 11.9. The molecule has 5 heteroatoms. The lowest BCUT2D eigenvalue weighted by molar-refractivity contribution is -0.137. The van der Waals surface area contributed by atoms with Gasteiger partial charge in [0.25, 0.3) is 5.91 Å². The molecule has 0 fully saturated rings. The number of benzene rings is 1. The molecule has 0 aliphatic heterocycles. The van der Waals surface area contributed by atoms with Gasteiger partial charge in [0.1, 0.15) is 0 Å². The molecule has 2 nitrogen and oxygen atoms in total. The summed E-state index contributed by atoms with van der Waals surface area (Å²) < 4.78 is 37.2. The fourth-order valence-electron chi connectivity index (χ4n) is 1.89. The van der Waals surface area contributed by atoms with Crippen LogP contribution in [0, 0.1) is 0 Å². The van der Waals surface area contributed by atoms with Crippen molar-refractivity contribution in [3.63, 3.8) is 0 Å². The van der Waals surface area contributed by atoms with Gasteiger partial charge in [-0.1, -0.05) is 26.2 Å². The first-order valence-corrected chi connectivity index (χ1v) is 6.82. The Hall–Kier alpha value is -1.52. The third-order valence-electron chi connectivity index (χ3n) is 3.09. The molecule has 0 spiro atoms. The van der Waals surface area contributed by atoms with Gasteiger partial charge in [-0.05, 0) is 37.6 Å². The highest BCUT2D eigenvalue weighted by molar-refractivity contribution is 5.94. The maximum Gasteiger partial charge on any atom is 0.416 e. The molecular weight excluding hydrogens is 267 g/mol. The van der Waals surface area contributed by atoms with Gasteiger partial charge in [-0.3, -0.25) is 4.79 Å². The maximum atomic E-state index is 12.4. The first-order chi connectivity index (χ1) is 9.34. The van der Waals surface area contributed by atoms with Crippen molar-refractivity contribution < 1.29 is 18.0 Å². The lowest BCUT2D eigenvalue weighted by Gasteiger charge is -2.14. The van der Waals surface area contributed by atoms with E-state index in [1.807, 2.05) is 6.92 Å². The molecule has 0 saturated carbocycles.